The number of nitrogens with zero attached hydrogens (tertiary/aromatic N) is 1. The number of aliphatic hydroxyl groups is 1. The zero-order valence-corrected chi connectivity index (χ0v) is 9.95. The van der Waals surface area contributed by atoms with E-state index in [0.717, 1.165) is 25.6 Å². The summed E-state index contributed by atoms with van der Waals surface area (Å²) in [5.74, 6) is 0.832. The maximum absolute atomic E-state index is 11.0. The topological polar surface area (TPSA) is 61.8 Å². The number of carbonyl (C=O) groups excluding carboxylic acids is 1. The lowest BCUT2D eigenvalue weighted by Gasteiger charge is -2.29. The van der Waals surface area contributed by atoms with Gasteiger partial charge in [-0.15, -0.1) is 0 Å². The Morgan fingerprint density at radius 1 is 1.50 bits per heavy atom. The third-order valence-electron chi connectivity index (χ3n) is 2.90. The molecule has 5 heteroatoms. The molecule has 94 valence electrons. The van der Waals surface area contributed by atoms with Gasteiger partial charge >= 0.3 is 6.09 Å². The van der Waals surface area contributed by atoms with Gasteiger partial charge in [0.1, 0.15) is 6.61 Å². The van der Waals surface area contributed by atoms with E-state index in [4.69, 9.17) is 5.11 Å². The van der Waals surface area contributed by atoms with Crippen molar-refractivity contribution in [3.05, 3.63) is 0 Å². The number of piperidine rings is 1. The first kappa shape index (κ1) is 13.3. The van der Waals surface area contributed by atoms with E-state index in [2.05, 4.69) is 21.9 Å². The fourth-order valence-electron chi connectivity index (χ4n) is 1.79. The Balaban J connectivity index is 2.00. The van der Waals surface area contributed by atoms with Crippen LogP contribution in [-0.4, -0.2) is 55.5 Å². The van der Waals surface area contributed by atoms with Gasteiger partial charge in [-0.1, -0.05) is 6.92 Å². The second-order valence-corrected chi connectivity index (χ2v) is 4.31. The molecule has 0 bridgehead atoms. The number of rotatable bonds is 5. The lowest BCUT2D eigenvalue weighted by molar-refractivity contribution is 0.117. The summed E-state index contributed by atoms with van der Waals surface area (Å²) >= 11 is 0. The molecule has 0 saturated carbocycles. The van der Waals surface area contributed by atoms with E-state index < -0.39 is 6.09 Å². The van der Waals surface area contributed by atoms with E-state index in [9.17, 15) is 4.79 Å². The lowest BCUT2D eigenvalue weighted by Crippen LogP contribution is -2.39. The van der Waals surface area contributed by atoms with Crippen LogP contribution in [0.25, 0.3) is 0 Å². The standard InChI is InChI=1S/C11H22N2O3/c1-10-2-5-13(6-3-10)7-4-12-11(15)16-9-8-14/h10,14H,2-9H2,1H3,(H,12,15). The predicted molar refractivity (Wildman–Crippen MR) is 61.3 cm³/mol. The van der Waals surface area contributed by atoms with Crippen molar-refractivity contribution < 1.29 is 14.6 Å². The van der Waals surface area contributed by atoms with Crippen molar-refractivity contribution in [2.75, 3.05) is 39.4 Å². The summed E-state index contributed by atoms with van der Waals surface area (Å²) in [6.07, 6.45) is 2.05. The number of hydrogen-bond acceptors (Lipinski definition) is 4. The summed E-state index contributed by atoms with van der Waals surface area (Å²) in [5, 5.41) is 11.1. The first-order valence-corrected chi connectivity index (χ1v) is 5.96. The molecule has 0 radical (unpaired) electrons. The van der Waals surface area contributed by atoms with Crippen LogP contribution < -0.4 is 5.32 Å². The molecule has 0 spiro atoms. The highest BCUT2D eigenvalue weighted by molar-refractivity contribution is 5.67. The minimum Gasteiger partial charge on any atom is -0.447 e. The number of amides is 1. The van der Waals surface area contributed by atoms with Crippen LogP contribution in [0.5, 0.6) is 0 Å². The molecule has 1 fully saturated rings. The molecule has 0 aromatic heterocycles. The van der Waals surface area contributed by atoms with Gasteiger partial charge in [-0.05, 0) is 31.8 Å². The van der Waals surface area contributed by atoms with Gasteiger partial charge in [0, 0.05) is 13.1 Å². The Hall–Kier alpha value is -0.810. The third kappa shape index (κ3) is 5.32. The molecule has 0 aromatic carbocycles. The van der Waals surface area contributed by atoms with Gasteiger partial charge in [0.25, 0.3) is 0 Å². The SMILES string of the molecule is CC1CCN(CCNC(=O)OCCO)CC1. The monoisotopic (exact) mass is 230 g/mol. The molecule has 0 aliphatic carbocycles. The van der Waals surface area contributed by atoms with E-state index >= 15 is 0 Å². The van der Waals surface area contributed by atoms with Gasteiger partial charge in [-0.25, -0.2) is 4.79 Å². The van der Waals surface area contributed by atoms with Crippen molar-refractivity contribution in [3.8, 4) is 0 Å². The van der Waals surface area contributed by atoms with E-state index in [0.29, 0.717) is 6.54 Å². The molecule has 0 atom stereocenters. The van der Waals surface area contributed by atoms with Crippen molar-refractivity contribution in [2.45, 2.75) is 19.8 Å². The molecule has 1 rings (SSSR count). The number of alkyl carbamates (subject to hydrolysis) is 1. The zero-order chi connectivity index (χ0) is 11.8. The number of aliphatic hydroxyl groups excluding tert-OH is 1. The van der Waals surface area contributed by atoms with Crippen LogP contribution in [0.15, 0.2) is 0 Å². The lowest BCUT2D eigenvalue weighted by atomic mass is 9.99. The Labute approximate surface area is 96.8 Å². The molecule has 2 N–H and O–H groups in total. The molecule has 1 aliphatic rings. The normalized spacial score (nSPS) is 18.4. The quantitative estimate of drug-likeness (QED) is 0.719. The van der Waals surface area contributed by atoms with Crippen molar-refractivity contribution in [2.24, 2.45) is 5.92 Å². The molecular weight excluding hydrogens is 208 g/mol. The van der Waals surface area contributed by atoms with E-state index in [1.165, 1.54) is 12.8 Å². The van der Waals surface area contributed by atoms with Crippen molar-refractivity contribution in [3.63, 3.8) is 0 Å². The zero-order valence-electron chi connectivity index (χ0n) is 9.95. The molecule has 0 aromatic rings. The van der Waals surface area contributed by atoms with Gasteiger partial charge < -0.3 is 20.1 Å². The van der Waals surface area contributed by atoms with Gasteiger partial charge in [-0.3, -0.25) is 0 Å². The third-order valence-corrected chi connectivity index (χ3v) is 2.90. The largest absolute Gasteiger partial charge is 0.447 e. The van der Waals surface area contributed by atoms with Gasteiger partial charge in [0.05, 0.1) is 6.61 Å². The highest BCUT2D eigenvalue weighted by Gasteiger charge is 2.15. The smallest absolute Gasteiger partial charge is 0.407 e. The molecule has 16 heavy (non-hydrogen) atoms. The number of ether oxygens (including phenoxy) is 1. The van der Waals surface area contributed by atoms with Crippen molar-refractivity contribution in [1.82, 2.24) is 10.2 Å². The second-order valence-electron chi connectivity index (χ2n) is 4.31. The van der Waals surface area contributed by atoms with Gasteiger partial charge in [-0.2, -0.15) is 0 Å². The fraction of sp³-hybridized carbons (Fsp3) is 0.909. The van der Waals surface area contributed by atoms with Gasteiger partial charge in [0.2, 0.25) is 0 Å². The summed E-state index contributed by atoms with van der Waals surface area (Å²) in [4.78, 5) is 13.4. The molecule has 1 saturated heterocycles. The summed E-state index contributed by atoms with van der Waals surface area (Å²) in [6, 6.07) is 0. The van der Waals surface area contributed by atoms with Crippen molar-refractivity contribution in [1.29, 1.82) is 0 Å². The maximum Gasteiger partial charge on any atom is 0.407 e. The Kier molecular flexibility index (Phi) is 6.18. The number of carbonyl (C=O) groups is 1. The van der Waals surface area contributed by atoms with Crippen LogP contribution in [0.3, 0.4) is 0 Å². The fourth-order valence-corrected chi connectivity index (χ4v) is 1.79. The van der Waals surface area contributed by atoms with E-state index in [1.54, 1.807) is 0 Å². The molecule has 1 amide bonds. The molecule has 1 aliphatic heterocycles. The van der Waals surface area contributed by atoms with Crippen LogP contribution in [0, 0.1) is 5.92 Å². The Bertz CT molecular complexity index is 203. The minimum atomic E-state index is -0.445. The highest BCUT2D eigenvalue weighted by Crippen LogP contribution is 2.14. The van der Waals surface area contributed by atoms with Crippen LogP contribution in [0.4, 0.5) is 4.79 Å². The summed E-state index contributed by atoms with van der Waals surface area (Å²) in [5.41, 5.74) is 0. The van der Waals surface area contributed by atoms with E-state index in [-0.39, 0.29) is 13.2 Å². The molecule has 5 nitrogen and oxygen atoms in total. The molecule has 0 unspecified atom stereocenters. The minimum absolute atomic E-state index is 0.0626. The molecule has 1 heterocycles. The van der Waals surface area contributed by atoms with Crippen LogP contribution >= 0.6 is 0 Å². The van der Waals surface area contributed by atoms with Crippen LogP contribution in [-0.2, 0) is 4.74 Å². The average Bonchev–Trinajstić information content (AvgIpc) is 2.29. The van der Waals surface area contributed by atoms with Crippen molar-refractivity contribution >= 4 is 6.09 Å². The second kappa shape index (κ2) is 7.46. The average molecular weight is 230 g/mol. The highest BCUT2D eigenvalue weighted by atomic mass is 16.6. The number of hydrogen-bond donors (Lipinski definition) is 2. The van der Waals surface area contributed by atoms with Gasteiger partial charge in [0.15, 0.2) is 0 Å². The van der Waals surface area contributed by atoms with E-state index in [1.807, 2.05) is 0 Å². The Morgan fingerprint density at radius 3 is 2.81 bits per heavy atom. The Morgan fingerprint density at radius 2 is 2.19 bits per heavy atom. The van der Waals surface area contributed by atoms with Crippen LogP contribution in [0.2, 0.25) is 0 Å². The molecular formula is C11H22N2O3. The number of nitrogens with one attached hydrogen (secondary N) is 1. The maximum atomic E-state index is 11.0. The number of likely N-dealkylation sites (tertiary alicyclic amines) is 1. The first-order valence-electron chi connectivity index (χ1n) is 5.96. The predicted octanol–water partition coefficient (Wildman–Crippen LogP) is 0.437. The summed E-state index contributed by atoms with van der Waals surface area (Å²) in [7, 11) is 0. The summed E-state index contributed by atoms with van der Waals surface area (Å²) in [6.45, 7) is 5.94. The first-order chi connectivity index (χ1) is 7.72. The van der Waals surface area contributed by atoms with Crippen LogP contribution in [0.1, 0.15) is 19.8 Å². The summed E-state index contributed by atoms with van der Waals surface area (Å²) < 4.78 is 4.68.